The molecular weight excluding hydrogens is 491 g/mol. The quantitative estimate of drug-likeness (QED) is 0.307. The van der Waals surface area contributed by atoms with Crippen molar-refractivity contribution < 1.29 is 4.39 Å². The van der Waals surface area contributed by atoms with Crippen LogP contribution in [0.5, 0.6) is 0 Å². The monoisotopic (exact) mass is 524 g/mol. The van der Waals surface area contributed by atoms with Crippen molar-refractivity contribution in [2.45, 2.75) is 19.9 Å². The maximum absolute atomic E-state index is 16.2. The lowest BCUT2D eigenvalue weighted by Crippen LogP contribution is -2.44. The van der Waals surface area contributed by atoms with Crippen molar-refractivity contribution >= 4 is 40.2 Å². The van der Waals surface area contributed by atoms with Gasteiger partial charge in [0, 0.05) is 49.2 Å². The summed E-state index contributed by atoms with van der Waals surface area (Å²) in [4.78, 5) is 12.5. The standard InChI is InChI=1S/C27H34ClFN8/c1-16(2)23(30)17(3)34-19-7-5-18(6-8-19)20-9-10-21(37-13-11-36(4)12-14-37)25(22(20)29)35-27-24(31)26(28)32-15-33-27/h5-10,15-16,23,34H,3,11-14,30-31H2,1-2,4H3,(H,32,33,35). The molecule has 1 fully saturated rings. The fourth-order valence-electron chi connectivity index (χ4n) is 4.21. The Bertz CT molecular complexity index is 1260. The molecule has 1 saturated heterocycles. The smallest absolute Gasteiger partial charge is 0.158 e. The summed E-state index contributed by atoms with van der Waals surface area (Å²) >= 11 is 6.09. The van der Waals surface area contributed by atoms with Gasteiger partial charge in [-0.05, 0) is 42.8 Å². The van der Waals surface area contributed by atoms with Gasteiger partial charge in [0.15, 0.2) is 16.8 Å². The van der Waals surface area contributed by atoms with Crippen LogP contribution < -0.4 is 27.0 Å². The molecule has 1 aliphatic rings. The lowest BCUT2D eigenvalue weighted by atomic mass is 10.0. The highest BCUT2D eigenvalue weighted by Gasteiger charge is 2.23. The van der Waals surface area contributed by atoms with Crippen molar-refractivity contribution in [2.24, 2.45) is 11.7 Å². The Morgan fingerprint density at radius 1 is 1.08 bits per heavy atom. The van der Waals surface area contributed by atoms with E-state index in [0.29, 0.717) is 11.3 Å². The fraction of sp³-hybridized carbons (Fsp3) is 0.333. The first-order valence-corrected chi connectivity index (χ1v) is 12.6. The first-order chi connectivity index (χ1) is 17.7. The third-order valence-electron chi connectivity index (χ3n) is 6.66. The van der Waals surface area contributed by atoms with Crippen molar-refractivity contribution in [3.63, 3.8) is 0 Å². The zero-order valence-corrected chi connectivity index (χ0v) is 22.2. The molecule has 4 rings (SSSR count). The van der Waals surface area contributed by atoms with Crippen LogP contribution in [0.3, 0.4) is 0 Å². The Morgan fingerprint density at radius 2 is 1.76 bits per heavy atom. The van der Waals surface area contributed by atoms with Crippen LogP contribution in [-0.4, -0.2) is 54.1 Å². The molecule has 0 amide bonds. The zero-order valence-electron chi connectivity index (χ0n) is 21.4. The van der Waals surface area contributed by atoms with Gasteiger partial charge in [-0.15, -0.1) is 0 Å². The fourth-order valence-corrected chi connectivity index (χ4v) is 4.35. The van der Waals surface area contributed by atoms with Gasteiger partial charge in [0.1, 0.15) is 17.7 Å². The highest BCUT2D eigenvalue weighted by Crippen LogP contribution is 2.39. The number of nitrogens with two attached hydrogens (primary N) is 2. The van der Waals surface area contributed by atoms with Crippen molar-refractivity contribution in [3.8, 4) is 11.1 Å². The summed E-state index contributed by atoms with van der Waals surface area (Å²) in [5.41, 5.74) is 16.2. The van der Waals surface area contributed by atoms with Crippen molar-refractivity contribution in [1.82, 2.24) is 14.9 Å². The second-order valence-corrected chi connectivity index (χ2v) is 10.0. The van der Waals surface area contributed by atoms with Crippen LogP contribution in [0.25, 0.3) is 11.1 Å². The van der Waals surface area contributed by atoms with E-state index < -0.39 is 5.82 Å². The van der Waals surface area contributed by atoms with E-state index in [-0.39, 0.29) is 28.6 Å². The van der Waals surface area contributed by atoms with E-state index in [1.807, 2.05) is 44.2 Å². The third kappa shape index (κ3) is 5.95. The first-order valence-electron chi connectivity index (χ1n) is 12.3. The zero-order chi connectivity index (χ0) is 26.7. The van der Waals surface area contributed by atoms with Crippen LogP contribution in [0.4, 0.5) is 33.0 Å². The molecule has 2 heterocycles. The van der Waals surface area contributed by atoms with E-state index in [9.17, 15) is 0 Å². The number of rotatable bonds is 8. The lowest BCUT2D eigenvalue weighted by Gasteiger charge is -2.35. The van der Waals surface area contributed by atoms with Gasteiger partial charge in [0.2, 0.25) is 0 Å². The second-order valence-electron chi connectivity index (χ2n) is 9.66. The predicted molar refractivity (Wildman–Crippen MR) is 152 cm³/mol. The molecule has 1 atom stereocenters. The average Bonchev–Trinajstić information content (AvgIpc) is 2.88. The molecule has 6 N–H and O–H groups in total. The van der Waals surface area contributed by atoms with Crippen LogP contribution in [0, 0.1) is 11.7 Å². The molecule has 37 heavy (non-hydrogen) atoms. The van der Waals surface area contributed by atoms with Gasteiger partial charge >= 0.3 is 0 Å². The van der Waals surface area contributed by atoms with Crippen LogP contribution in [0.1, 0.15) is 13.8 Å². The minimum absolute atomic E-state index is 0.108. The van der Waals surface area contributed by atoms with Gasteiger partial charge in [-0.1, -0.05) is 44.2 Å². The van der Waals surface area contributed by atoms with Gasteiger partial charge in [-0.3, -0.25) is 0 Å². The molecule has 0 spiro atoms. The van der Waals surface area contributed by atoms with Crippen molar-refractivity contribution in [3.05, 3.63) is 66.0 Å². The average molecular weight is 525 g/mol. The molecule has 0 aliphatic carbocycles. The topological polar surface area (TPSA) is 108 Å². The number of nitrogens with zero attached hydrogens (tertiary/aromatic N) is 4. The Balaban J connectivity index is 1.68. The molecule has 0 saturated carbocycles. The van der Waals surface area contributed by atoms with E-state index in [4.69, 9.17) is 23.1 Å². The number of nitrogen functional groups attached to an aromatic ring is 1. The number of piperazine rings is 1. The van der Waals surface area contributed by atoms with E-state index in [2.05, 4.69) is 44.0 Å². The summed E-state index contributed by atoms with van der Waals surface area (Å²) in [6.07, 6.45) is 1.29. The molecule has 1 unspecified atom stereocenters. The number of aromatic nitrogens is 2. The molecule has 3 aromatic rings. The maximum atomic E-state index is 16.2. The first kappa shape index (κ1) is 26.7. The summed E-state index contributed by atoms with van der Waals surface area (Å²) in [6, 6.07) is 11.1. The minimum atomic E-state index is -0.405. The highest BCUT2D eigenvalue weighted by molar-refractivity contribution is 6.32. The molecule has 2 aromatic carbocycles. The second kappa shape index (κ2) is 11.3. The molecule has 10 heteroatoms. The highest BCUT2D eigenvalue weighted by atomic mass is 35.5. The maximum Gasteiger partial charge on any atom is 0.158 e. The predicted octanol–water partition coefficient (Wildman–Crippen LogP) is 4.92. The molecular formula is C27H34ClFN8. The van der Waals surface area contributed by atoms with E-state index in [1.165, 1.54) is 6.33 Å². The van der Waals surface area contributed by atoms with Gasteiger partial charge in [0.25, 0.3) is 0 Å². The molecule has 1 aliphatic heterocycles. The number of anilines is 5. The number of hydrogen-bond acceptors (Lipinski definition) is 8. The summed E-state index contributed by atoms with van der Waals surface area (Å²) in [7, 11) is 2.08. The molecule has 8 nitrogen and oxygen atoms in total. The summed E-state index contributed by atoms with van der Waals surface area (Å²) in [5, 5.41) is 6.46. The van der Waals surface area contributed by atoms with E-state index in [0.717, 1.165) is 48.8 Å². The Labute approximate surface area is 222 Å². The van der Waals surface area contributed by atoms with Gasteiger partial charge < -0.3 is 31.9 Å². The molecule has 1 aromatic heterocycles. The van der Waals surface area contributed by atoms with Crippen molar-refractivity contribution in [1.29, 1.82) is 0 Å². The van der Waals surface area contributed by atoms with Crippen molar-refractivity contribution in [2.75, 3.05) is 54.5 Å². The third-order valence-corrected chi connectivity index (χ3v) is 6.97. The summed E-state index contributed by atoms with van der Waals surface area (Å²) < 4.78 is 16.2. The molecule has 0 bridgehead atoms. The number of benzene rings is 2. The van der Waals surface area contributed by atoms with E-state index >= 15 is 4.39 Å². The Kier molecular flexibility index (Phi) is 8.16. The lowest BCUT2D eigenvalue weighted by molar-refractivity contribution is 0.313. The van der Waals surface area contributed by atoms with Crippen LogP contribution in [0.15, 0.2) is 55.0 Å². The Hall–Kier alpha value is -3.40. The molecule has 196 valence electrons. The molecule has 0 radical (unpaired) electrons. The van der Waals surface area contributed by atoms with E-state index in [1.54, 1.807) is 6.07 Å². The van der Waals surface area contributed by atoms with Crippen LogP contribution in [-0.2, 0) is 0 Å². The largest absolute Gasteiger partial charge is 0.393 e. The number of likely N-dealkylation sites (N-methyl/N-ethyl adjacent to an activating group) is 1. The van der Waals surface area contributed by atoms with Gasteiger partial charge in [0.05, 0.1) is 5.69 Å². The van der Waals surface area contributed by atoms with Gasteiger partial charge in [-0.2, -0.15) is 0 Å². The minimum Gasteiger partial charge on any atom is -0.393 e. The summed E-state index contributed by atoms with van der Waals surface area (Å²) in [5.74, 6) is 0.111. The number of nitrogens with one attached hydrogen (secondary N) is 2. The van der Waals surface area contributed by atoms with Crippen LogP contribution in [0.2, 0.25) is 5.15 Å². The normalized spacial score (nSPS) is 15.1. The van der Waals surface area contributed by atoms with Gasteiger partial charge in [-0.25, -0.2) is 14.4 Å². The number of hydrogen-bond donors (Lipinski definition) is 4. The SMILES string of the molecule is C=C(Nc1ccc(-c2ccc(N3CCN(C)CC3)c(Nc3ncnc(Cl)c3N)c2F)cc1)C(N)C(C)C. The Morgan fingerprint density at radius 3 is 2.41 bits per heavy atom. The van der Waals surface area contributed by atoms with Crippen LogP contribution >= 0.6 is 11.6 Å². The number of halogens is 2. The summed E-state index contributed by atoms with van der Waals surface area (Å²) in [6.45, 7) is 11.4.